The lowest BCUT2D eigenvalue weighted by molar-refractivity contribution is 0.107. The number of likely N-dealkylation sites (N-methyl/N-ethyl adjacent to an activating group) is 1. The molecule has 1 fully saturated rings. The van der Waals surface area contributed by atoms with Crippen LogP contribution in [-0.2, 0) is 6.54 Å². The first kappa shape index (κ1) is 20.0. The van der Waals surface area contributed by atoms with Crippen LogP contribution >= 0.6 is 11.6 Å². The number of benzene rings is 1. The lowest BCUT2D eigenvalue weighted by atomic mass is 10.2. The van der Waals surface area contributed by atoms with Gasteiger partial charge in [0.05, 0.1) is 6.54 Å². The molecule has 1 saturated heterocycles. The third-order valence-corrected chi connectivity index (χ3v) is 4.97. The largest absolute Gasteiger partial charge is 0.357 e. The van der Waals surface area contributed by atoms with Crippen molar-refractivity contribution in [2.24, 2.45) is 4.99 Å². The molecule has 6 heteroatoms. The molecule has 1 aromatic carbocycles. The van der Waals surface area contributed by atoms with E-state index in [1.807, 2.05) is 24.3 Å². The van der Waals surface area contributed by atoms with Crippen molar-refractivity contribution in [1.29, 1.82) is 0 Å². The SMILES string of the molecule is CCNC(=NCc1ccc(Cl)cc1)NCC(C)N1CCN(CC)CC1. The van der Waals surface area contributed by atoms with E-state index >= 15 is 0 Å². The predicted octanol–water partition coefficient (Wildman–Crippen LogP) is 2.42. The minimum atomic E-state index is 0.499. The van der Waals surface area contributed by atoms with Gasteiger partial charge in [0.1, 0.15) is 0 Å². The molecule has 0 amide bonds. The van der Waals surface area contributed by atoms with E-state index in [1.54, 1.807) is 0 Å². The fourth-order valence-corrected chi connectivity index (χ4v) is 3.12. The number of guanidine groups is 1. The molecular weight excluding hydrogens is 334 g/mol. The maximum atomic E-state index is 5.93. The second-order valence-electron chi connectivity index (χ2n) is 6.52. The summed E-state index contributed by atoms with van der Waals surface area (Å²) in [4.78, 5) is 9.75. The Hall–Kier alpha value is -1.30. The minimum Gasteiger partial charge on any atom is -0.357 e. The summed E-state index contributed by atoms with van der Waals surface area (Å²) in [6.45, 7) is 14.8. The predicted molar refractivity (Wildman–Crippen MR) is 107 cm³/mol. The van der Waals surface area contributed by atoms with Crippen LogP contribution in [0.5, 0.6) is 0 Å². The van der Waals surface area contributed by atoms with Crippen LogP contribution in [0.15, 0.2) is 29.3 Å². The molecule has 1 aliphatic rings. The first-order chi connectivity index (χ1) is 12.1. The Morgan fingerprint density at radius 2 is 1.80 bits per heavy atom. The molecule has 0 saturated carbocycles. The Bertz CT molecular complexity index is 523. The van der Waals surface area contributed by atoms with Gasteiger partial charge >= 0.3 is 0 Å². The molecule has 0 aromatic heterocycles. The van der Waals surface area contributed by atoms with Gasteiger partial charge in [0, 0.05) is 50.3 Å². The molecule has 25 heavy (non-hydrogen) atoms. The van der Waals surface area contributed by atoms with E-state index in [0.29, 0.717) is 12.6 Å². The summed E-state index contributed by atoms with van der Waals surface area (Å²) >= 11 is 5.93. The molecule has 0 radical (unpaired) electrons. The molecule has 140 valence electrons. The van der Waals surface area contributed by atoms with Crippen LogP contribution < -0.4 is 10.6 Å². The maximum absolute atomic E-state index is 5.93. The Balaban J connectivity index is 1.81. The second-order valence-corrected chi connectivity index (χ2v) is 6.96. The minimum absolute atomic E-state index is 0.499. The third kappa shape index (κ3) is 6.84. The smallest absolute Gasteiger partial charge is 0.191 e. The molecule has 0 aliphatic carbocycles. The highest BCUT2D eigenvalue weighted by atomic mass is 35.5. The molecule has 1 aromatic rings. The Kier molecular flexibility index (Phi) is 8.52. The zero-order valence-electron chi connectivity index (χ0n) is 15.8. The lowest BCUT2D eigenvalue weighted by Crippen LogP contribution is -2.53. The number of hydrogen-bond acceptors (Lipinski definition) is 3. The molecule has 2 N–H and O–H groups in total. The molecule has 0 bridgehead atoms. The van der Waals surface area contributed by atoms with Crippen molar-refractivity contribution in [3.63, 3.8) is 0 Å². The Morgan fingerprint density at radius 3 is 2.40 bits per heavy atom. The molecule has 2 rings (SSSR count). The number of halogens is 1. The average Bonchev–Trinajstić information content (AvgIpc) is 2.65. The van der Waals surface area contributed by atoms with Gasteiger partial charge in [-0.15, -0.1) is 0 Å². The van der Waals surface area contributed by atoms with Crippen LogP contribution in [0.3, 0.4) is 0 Å². The average molecular weight is 366 g/mol. The van der Waals surface area contributed by atoms with Gasteiger partial charge in [-0.05, 0) is 38.1 Å². The van der Waals surface area contributed by atoms with Gasteiger partial charge in [-0.1, -0.05) is 30.7 Å². The fourth-order valence-electron chi connectivity index (χ4n) is 3.00. The summed E-state index contributed by atoms with van der Waals surface area (Å²) in [6, 6.07) is 8.35. The molecular formula is C19H32ClN5. The summed E-state index contributed by atoms with van der Waals surface area (Å²) in [5, 5.41) is 7.57. The number of piperazine rings is 1. The van der Waals surface area contributed by atoms with Gasteiger partial charge in [0.15, 0.2) is 5.96 Å². The monoisotopic (exact) mass is 365 g/mol. The highest BCUT2D eigenvalue weighted by Crippen LogP contribution is 2.10. The van der Waals surface area contributed by atoms with E-state index in [-0.39, 0.29) is 0 Å². The summed E-state index contributed by atoms with van der Waals surface area (Å²) in [7, 11) is 0. The van der Waals surface area contributed by atoms with E-state index in [9.17, 15) is 0 Å². The summed E-state index contributed by atoms with van der Waals surface area (Å²) in [6.07, 6.45) is 0. The van der Waals surface area contributed by atoms with Crippen LogP contribution in [0, 0.1) is 0 Å². The van der Waals surface area contributed by atoms with Crippen LogP contribution in [0.2, 0.25) is 5.02 Å². The summed E-state index contributed by atoms with van der Waals surface area (Å²) < 4.78 is 0. The van der Waals surface area contributed by atoms with Gasteiger partial charge in [0.2, 0.25) is 0 Å². The van der Waals surface area contributed by atoms with Crippen molar-refractivity contribution in [2.75, 3.05) is 45.8 Å². The van der Waals surface area contributed by atoms with Crippen molar-refractivity contribution in [2.45, 2.75) is 33.4 Å². The standard InChI is InChI=1S/C19H32ClN5/c1-4-21-19(23-15-17-6-8-18(20)9-7-17)22-14-16(3)25-12-10-24(5-2)11-13-25/h6-9,16H,4-5,10-15H2,1-3H3,(H2,21,22,23). The third-order valence-electron chi connectivity index (χ3n) is 4.72. The second kappa shape index (κ2) is 10.6. The van der Waals surface area contributed by atoms with Gasteiger partial charge in [-0.3, -0.25) is 4.90 Å². The van der Waals surface area contributed by atoms with Crippen LogP contribution in [0.25, 0.3) is 0 Å². The van der Waals surface area contributed by atoms with Gasteiger partial charge < -0.3 is 15.5 Å². The summed E-state index contributed by atoms with van der Waals surface area (Å²) in [5.74, 6) is 0.872. The maximum Gasteiger partial charge on any atom is 0.191 e. The molecule has 1 aliphatic heterocycles. The van der Waals surface area contributed by atoms with Crippen molar-refractivity contribution < 1.29 is 0 Å². The Morgan fingerprint density at radius 1 is 1.12 bits per heavy atom. The zero-order chi connectivity index (χ0) is 18.1. The molecule has 1 atom stereocenters. The molecule has 1 heterocycles. The first-order valence-corrected chi connectivity index (χ1v) is 9.73. The van der Waals surface area contributed by atoms with Gasteiger partial charge in [0.25, 0.3) is 0 Å². The quantitative estimate of drug-likeness (QED) is 0.575. The van der Waals surface area contributed by atoms with E-state index in [2.05, 4.69) is 46.2 Å². The molecule has 1 unspecified atom stereocenters. The normalized spacial score (nSPS) is 18.2. The van der Waals surface area contributed by atoms with Crippen molar-refractivity contribution in [1.82, 2.24) is 20.4 Å². The molecule has 5 nitrogen and oxygen atoms in total. The fraction of sp³-hybridized carbons (Fsp3) is 0.632. The Labute approximate surface area is 157 Å². The van der Waals surface area contributed by atoms with Gasteiger partial charge in [-0.25, -0.2) is 4.99 Å². The first-order valence-electron chi connectivity index (χ1n) is 9.35. The van der Waals surface area contributed by atoms with Crippen LogP contribution in [-0.4, -0.2) is 67.6 Å². The number of aliphatic imine (C=N–C) groups is 1. The molecule has 0 spiro atoms. The van der Waals surface area contributed by atoms with E-state index < -0.39 is 0 Å². The van der Waals surface area contributed by atoms with E-state index in [1.165, 1.54) is 13.1 Å². The van der Waals surface area contributed by atoms with Crippen molar-refractivity contribution in [3.8, 4) is 0 Å². The van der Waals surface area contributed by atoms with Crippen LogP contribution in [0.4, 0.5) is 0 Å². The number of rotatable bonds is 7. The lowest BCUT2D eigenvalue weighted by Gasteiger charge is -2.37. The van der Waals surface area contributed by atoms with Crippen molar-refractivity contribution in [3.05, 3.63) is 34.9 Å². The van der Waals surface area contributed by atoms with Gasteiger partial charge in [-0.2, -0.15) is 0 Å². The van der Waals surface area contributed by atoms with Crippen molar-refractivity contribution >= 4 is 17.6 Å². The number of nitrogens with zero attached hydrogens (tertiary/aromatic N) is 3. The van der Waals surface area contributed by atoms with Crippen LogP contribution in [0.1, 0.15) is 26.3 Å². The highest BCUT2D eigenvalue weighted by molar-refractivity contribution is 6.30. The number of hydrogen-bond donors (Lipinski definition) is 2. The van der Waals surface area contributed by atoms with E-state index in [4.69, 9.17) is 11.6 Å². The topological polar surface area (TPSA) is 42.9 Å². The van der Waals surface area contributed by atoms with E-state index in [0.717, 1.165) is 49.3 Å². The summed E-state index contributed by atoms with van der Waals surface area (Å²) in [5.41, 5.74) is 1.16. The number of nitrogens with one attached hydrogen (secondary N) is 2. The highest BCUT2D eigenvalue weighted by Gasteiger charge is 2.20. The zero-order valence-corrected chi connectivity index (χ0v) is 16.5.